The molecule has 0 aliphatic heterocycles. The standard InChI is InChI=1S/C21H22N2/c1-2-3-15-22-19-12-9-17(10-13-19)8-11-18-14-16-23-21-7-5-4-6-20(18)21/h4-14,16,22H,2-3,15H2,1H3. The zero-order chi connectivity index (χ0) is 15.9. The van der Waals surface area contributed by atoms with E-state index in [1.165, 1.54) is 35.0 Å². The molecule has 0 saturated heterocycles. The molecule has 0 aliphatic rings. The fourth-order valence-electron chi connectivity index (χ4n) is 2.57. The van der Waals surface area contributed by atoms with Crippen LogP contribution in [-0.2, 0) is 0 Å². The van der Waals surface area contributed by atoms with Gasteiger partial charge in [0.25, 0.3) is 0 Å². The van der Waals surface area contributed by atoms with E-state index in [0.29, 0.717) is 0 Å². The van der Waals surface area contributed by atoms with E-state index in [9.17, 15) is 0 Å². The third kappa shape index (κ3) is 3.98. The highest BCUT2D eigenvalue weighted by Crippen LogP contribution is 2.19. The van der Waals surface area contributed by atoms with Crippen LogP contribution in [0, 0.1) is 0 Å². The zero-order valence-corrected chi connectivity index (χ0v) is 13.5. The summed E-state index contributed by atoms with van der Waals surface area (Å²) in [6.07, 6.45) is 8.59. The van der Waals surface area contributed by atoms with Crippen molar-refractivity contribution >= 4 is 28.7 Å². The summed E-state index contributed by atoms with van der Waals surface area (Å²) < 4.78 is 0. The van der Waals surface area contributed by atoms with Gasteiger partial charge in [-0.3, -0.25) is 4.98 Å². The predicted molar refractivity (Wildman–Crippen MR) is 101 cm³/mol. The van der Waals surface area contributed by atoms with Crippen LogP contribution in [0.4, 0.5) is 5.69 Å². The van der Waals surface area contributed by atoms with Gasteiger partial charge in [-0.05, 0) is 41.8 Å². The van der Waals surface area contributed by atoms with Crippen LogP contribution in [0.3, 0.4) is 0 Å². The second kappa shape index (κ2) is 7.59. The molecular formula is C21H22N2. The second-order valence-electron chi connectivity index (χ2n) is 5.65. The Morgan fingerprint density at radius 3 is 2.61 bits per heavy atom. The molecule has 2 nitrogen and oxygen atoms in total. The highest BCUT2D eigenvalue weighted by molar-refractivity contribution is 5.90. The summed E-state index contributed by atoms with van der Waals surface area (Å²) in [6, 6.07) is 18.9. The van der Waals surface area contributed by atoms with Gasteiger partial charge in [0, 0.05) is 23.8 Å². The molecule has 0 atom stereocenters. The van der Waals surface area contributed by atoms with E-state index in [0.717, 1.165) is 12.1 Å². The molecule has 23 heavy (non-hydrogen) atoms. The molecule has 0 fully saturated rings. The van der Waals surface area contributed by atoms with Gasteiger partial charge in [-0.2, -0.15) is 0 Å². The smallest absolute Gasteiger partial charge is 0.0707 e. The molecule has 3 rings (SSSR count). The number of hydrogen-bond donors (Lipinski definition) is 1. The average molecular weight is 302 g/mol. The minimum Gasteiger partial charge on any atom is -0.385 e. The van der Waals surface area contributed by atoms with Crippen molar-refractivity contribution < 1.29 is 0 Å². The van der Waals surface area contributed by atoms with E-state index in [-0.39, 0.29) is 0 Å². The fraction of sp³-hybridized carbons (Fsp3) is 0.190. The third-order valence-electron chi connectivity index (χ3n) is 3.91. The molecule has 1 N–H and O–H groups in total. The lowest BCUT2D eigenvalue weighted by atomic mass is 10.1. The molecule has 2 aromatic carbocycles. The van der Waals surface area contributed by atoms with Crippen molar-refractivity contribution in [1.29, 1.82) is 0 Å². The molecule has 0 amide bonds. The molecular weight excluding hydrogens is 280 g/mol. The molecule has 2 heteroatoms. The van der Waals surface area contributed by atoms with Crippen molar-refractivity contribution in [3.63, 3.8) is 0 Å². The van der Waals surface area contributed by atoms with Crippen molar-refractivity contribution in [3.8, 4) is 0 Å². The van der Waals surface area contributed by atoms with Crippen LogP contribution >= 0.6 is 0 Å². The summed E-state index contributed by atoms with van der Waals surface area (Å²) in [7, 11) is 0. The Morgan fingerprint density at radius 1 is 0.957 bits per heavy atom. The van der Waals surface area contributed by atoms with Crippen LogP contribution in [0.2, 0.25) is 0 Å². The lowest BCUT2D eigenvalue weighted by molar-refractivity contribution is 0.834. The molecule has 0 bridgehead atoms. The van der Waals surface area contributed by atoms with E-state index in [2.05, 4.69) is 71.8 Å². The summed E-state index contributed by atoms with van der Waals surface area (Å²) in [5, 5.41) is 4.62. The molecule has 3 aromatic rings. The first-order valence-corrected chi connectivity index (χ1v) is 8.22. The lowest BCUT2D eigenvalue weighted by Crippen LogP contribution is -2.00. The van der Waals surface area contributed by atoms with E-state index < -0.39 is 0 Å². The van der Waals surface area contributed by atoms with Crippen molar-refractivity contribution in [2.24, 2.45) is 0 Å². The molecule has 116 valence electrons. The average Bonchev–Trinajstić information content (AvgIpc) is 2.61. The second-order valence-corrected chi connectivity index (χ2v) is 5.65. The maximum absolute atomic E-state index is 4.40. The SMILES string of the molecule is CCCCNc1ccc(C=Cc2ccnc3ccccc23)cc1. The number of fused-ring (bicyclic) bond motifs is 1. The quantitative estimate of drug-likeness (QED) is 0.598. The molecule has 0 unspecified atom stereocenters. The normalized spacial score (nSPS) is 11.2. The van der Waals surface area contributed by atoms with Gasteiger partial charge in [-0.15, -0.1) is 0 Å². The van der Waals surface area contributed by atoms with Gasteiger partial charge >= 0.3 is 0 Å². The van der Waals surface area contributed by atoms with Crippen LogP contribution in [-0.4, -0.2) is 11.5 Å². The van der Waals surface area contributed by atoms with Gasteiger partial charge in [0.1, 0.15) is 0 Å². The van der Waals surface area contributed by atoms with Crippen molar-refractivity contribution in [2.75, 3.05) is 11.9 Å². The maximum atomic E-state index is 4.40. The predicted octanol–water partition coefficient (Wildman–Crippen LogP) is 5.62. The monoisotopic (exact) mass is 302 g/mol. The van der Waals surface area contributed by atoms with Gasteiger partial charge in [-0.25, -0.2) is 0 Å². The maximum Gasteiger partial charge on any atom is 0.0707 e. The number of benzene rings is 2. The Morgan fingerprint density at radius 2 is 1.78 bits per heavy atom. The largest absolute Gasteiger partial charge is 0.385 e. The summed E-state index contributed by atoms with van der Waals surface area (Å²) in [5.74, 6) is 0. The van der Waals surface area contributed by atoms with Crippen LogP contribution in [0.25, 0.3) is 23.1 Å². The minimum absolute atomic E-state index is 1.03. The Balaban J connectivity index is 1.74. The Kier molecular flexibility index (Phi) is 5.05. The Bertz CT molecular complexity index is 783. The van der Waals surface area contributed by atoms with Crippen molar-refractivity contribution in [1.82, 2.24) is 4.98 Å². The van der Waals surface area contributed by atoms with Crippen LogP contribution in [0.1, 0.15) is 30.9 Å². The number of anilines is 1. The number of rotatable bonds is 6. The van der Waals surface area contributed by atoms with E-state index in [1.54, 1.807) is 0 Å². The topological polar surface area (TPSA) is 24.9 Å². The first kappa shape index (κ1) is 15.3. The number of nitrogens with one attached hydrogen (secondary N) is 1. The van der Waals surface area contributed by atoms with Crippen molar-refractivity contribution in [3.05, 3.63) is 71.9 Å². The number of aromatic nitrogens is 1. The molecule has 0 aliphatic carbocycles. The number of hydrogen-bond acceptors (Lipinski definition) is 2. The van der Waals surface area contributed by atoms with Gasteiger partial charge in [0.2, 0.25) is 0 Å². The van der Waals surface area contributed by atoms with E-state index >= 15 is 0 Å². The summed E-state index contributed by atoms with van der Waals surface area (Å²) >= 11 is 0. The highest BCUT2D eigenvalue weighted by atomic mass is 14.9. The first-order valence-electron chi connectivity index (χ1n) is 8.22. The van der Waals surface area contributed by atoms with Gasteiger partial charge < -0.3 is 5.32 Å². The number of pyridine rings is 1. The number of nitrogens with zero attached hydrogens (tertiary/aromatic N) is 1. The Hall–Kier alpha value is -2.61. The third-order valence-corrected chi connectivity index (χ3v) is 3.91. The molecule has 0 radical (unpaired) electrons. The van der Waals surface area contributed by atoms with Crippen LogP contribution < -0.4 is 5.32 Å². The van der Waals surface area contributed by atoms with Gasteiger partial charge in [0.05, 0.1) is 5.52 Å². The summed E-state index contributed by atoms with van der Waals surface area (Å²) in [6.45, 7) is 3.24. The molecule has 1 aromatic heterocycles. The number of para-hydroxylation sites is 1. The van der Waals surface area contributed by atoms with Crippen LogP contribution in [0.15, 0.2) is 60.8 Å². The fourth-order valence-corrected chi connectivity index (χ4v) is 2.57. The van der Waals surface area contributed by atoms with E-state index in [4.69, 9.17) is 0 Å². The molecule has 1 heterocycles. The van der Waals surface area contributed by atoms with Crippen LogP contribution in [0.5, 0.6) is 0 Å². The molecule has 0 spiro atoms. The highest BCUT2D eigenvalue weighted by Gasteiger charge is 1.98. The number of unbranched alkanes of at least 4 members (excludes halogenated alkanes) is 1. The first-order chi connectivity index (χ1) is 11.4. The van der Waals surface area contributed by atoms with Gasteiger partial charge in [-0.1, -0.05) is 55.8 Å². The summed E-state index contributed by atoms with van der Waals surface area (Å²) in [5.41, 5.74) is 4.61. The minimum atomic E-state index is 1.03. The molecule has 0 saturated carbocycles. The van der Waals surface area contributed by atoms with Gasteiger partial charge in [0.15, 0.2) is 0 Å². The zero-order valence-electron chi connectivity index (χ0n) is 13.5. The summed E-state index contributed by atoms with van der Waals surface area (Å²) in [4.78, 5) is 4.40. The lowest BCUT2D eigenvalue weighted by Gasteiger charge is -2.05. The van der Waals surface area contributed by atoms with Crippen molar-refractivity contribution in [2.45, 2.75) is 19.8 Å². The Labute approximate surface area is 137 Å². The van der Waals surface area contributed by atoms with E-state index in [1.807, 2.05) is 18.3 Å².